The van der Waals surface area contributed by atoms with Gasteiger partial charge >= 0.3 is 0 Å². The number of benzene rings is 1. The third-order valence-corrected chi connectivity index (χ3v) is 4.23. The molecule has 0 aromatic heterocycles. The Labute approximate surface area is 84.3 Å². The Hall–Kier alpha value is -0.870. The molecule has 0 aliphatic rings. The van der Waals surface area contributed by atoms with E-state index in [9.17, 15) is 13.5 Å². The Balaban J connectivity index is 3.24. The quantitative estimate of drug-likeness (QED) is 0.829. The summed E-state index contributed by atoms with van der Waals surface area (Å²) in [5.41, 5.74) is -0.636. The fraction of sp³-hybridized carbons (Fsp3) is 0.400. The molecule has 0 radical (unpaired) electrons. The van der Waals surface area contributed by atoms with Crippen molar-refractivity contribution in [3.05, 3.63) is 29.8 Å². The molecule has 1 aromatic rings. The number of aliphatic hydroxyl groups excluding tert-OH is 1. The van der Waals surface area contributed by atoms with E-state index in [1.54, 1.807) is 32.0 Å². The lowest BCUT2D eigenvalue weighted by Gasteiger charge is -2.11. The summed E-state index contributed by atoms with van der Waals surface area (Å²) in [5, 5.41) is 9.38. The van der Waals surface area contributed by atoms with Crippen LogP contribution in [0.3, 0.4) is 0 Å². The molecule has 4 heteroatoms. The summed E-state index contributed by atoms with van der Waals surface area (Å²) < 4.78 is 23.5. The van der Waals surface area contributed by atoms with Gasteiger partial charge in [0.2, 0.25) is 9.84 Å². The minimum atomic E-state index is -3.56. The lowest BCUT2D eigenvalue weighted by Crippen LogP contribution is -2.20. The predicted octanol–water partition coefficient (Wildman–Crippen LogP) is 1.50. The summed E-state index contributed by atoms with van der Waals surface area (Å²) in [4.78, 5) is 0.217. The highest BCUT2D eigenvalue weighted by atomic mass is 32.2. The van der Waals surface area contributed by atoms with Crippen LogP contribution in [-0.4, -0.2) is 19.0 Å². The fourth-order valence-electron chi connectivity index (χ4n) is 1.24. The maximum atomic E-state index is 11.7. The lowest BCUT2D eigenvalue weighted by atomic mass is 10.2. The molecule has 1 rings (SSSR count). The van der Waals surface area contributed by atoms with Crippen molar-refractivity contribution >= 4 is 9.84 Å². The van der Waals surface area contributed by atoms with E-state index in [4.69, 9.17) is 0 Å². The van der Waals surface area contributed by atoms with Crippen LogP contribution in [0.4, 0.5) is 0 Å². The molecule has 0 saturated heterocycles. The average molecular weight is 214 g/mol. The molecule has 0 aliphatic carbocycles. The maximum Gasteiger partial charge on any atom is 0.205 e. The fourth-order valence-corrected chi connectivity index (χ4v) is 2.76. The van der Waals surface area contributed by atoms with Gasteiger partial charge in [-0.2, -0.15) is 0 Å². The maximum absolute atomic E-state index is 11.7. The third-order valence-electron chi connectivity index (χ3n) is 2.11. The summed E-state index contributed by atoms with van der Waals surface area (Å²) in [6, 6.07) is 6.66. The topological polar surface area (TPSA) is 54.4 Å². The number of sulfone groups is 1. The zero-order valence-corrected chi connectivity index (χ0v) is 9.08. The van der Waals surface area contributed by atoms with Crippen molar-refractivity contribution in [2.45, 2.75) is 30.6 Å². The van der Waals surface area contributed by atoms with Crippen LogP contribution in [-0.2, 0) is 9.84 Å². The molecular weight excluding hydrogens is 200 g/mol. The Kier molecular flexibility index (Phi) is 3.29. The third kappa shape index (κ3) is 1.96. The Morgan fingerprint density at radius 2 is 1.93 bits per heavy atom. The molecule has 14 heavy (non-hydrogen) atoms. The van der Waals surface area contributed by atoms with Crippen molar-refractivity contribution in [3.8, 4) is 0 Å². The molecule has 1 atom stereocenters. The molecule has 0 amide bonds. The standard InChI is InChI=1S/C10H14O3S/c1-3-10(11)14(12,13)9-7-5-4-6-8(9)2/h4-7,10-11H,3H2,1-2H3. The molecular formula is C10H14O3S. The van der Waals surface area contributed by atoms with Gasteiger partial charge in [0.1, 0.15) is 0 Å². The first-order valence-electron chi connectivity index (χ1n) is 4.47. The number of aliphatic hydroxyl groups is 1. The summed E-state index contributed by atoms with van der Waals surface area (Å²) in [6.45, 7) is 3.36. The van der Waals surface area contributed by atoms with Gasteiger partial charge in [-0.25, -0.2) is 8.42 Å². The Morgan fingerprint density at radius 3 is 2.43 bits per heavy atom. The highest BCUT2D eigenvalue weighted by Crippen LogP contribution is 2.19. The molecule has 3 nitrogen and oxygen atoms in total. The SMILES string of the molecule is CCC(O)S(=O)(=O)c1ccccc1C. The van der Waals surface area contributed by atoms with Gasteiger partial charge in [-0.3, -0.25) is 0 Å². The van der Waals surface area contributed by atoms with Crippen molar-refractivity contribution in [1.29, 1.82) is 0 Å². The molecule has 0 saturated carbocycles. The van der Waals surface area contributed by atoms with Gasteiger partial charge < -0.3 is 5.11 Å². The van der Waals surface area contributed by atoms with Crippen molar-refractivity contribution in [2.24, 2.45) is 0 Å². The van der Waals surface area contributed by atoms with Crippen molar-refractivity contribution in [1.82, 2.24) is 0 Å². The second-order valence-electron chi connectivity index (χ2n) is 3.17. The molecule has 0 aliphatic heterocycles. The highest BCUT2D eigenvalue weighted by molar-refractivity contribution is 7.91. The number of hydrogen-bond acceptors (Lipinski definition) is 3. The van der Waals surface area contributed by atoms with E-state index < -0.39 is 15.3 Å². The van der Waals surface area contributed by atoms with Gasteiger partial charge in [0.15, 0.2) is 5.44 Å². The van der Waals surface area contributed by atoms with Crippen LogP contribution in [0.25, 0.3) is 0 Å². The van der Waals surface area contributed by atoms with E-state index >= 15 is 0 Å². The van der Waals surface area contributed by atoms with Crippen LogP contribution < -0.4 is 0 Å². The first-order chi connectivity index (χ1) is 6.50. The minimum absolute atomic E-state index is 0.205. The zero-order valence-electron chi connectivity index (χ0n) is 8.27. The van der Waals surface area contributed by atoms with E-state index in [2.05, 4.69) is 0 Å². The van der Waals surface area contributed by atoms with E-state index in [0.29, 0.717) is 5.56 Å². The van der Waals surface area contributed by atoms with Gasteiger partial charge in [-0.1, -0.05) is 25.1 Å². The number of aryl methyl sites for hydroxylation is 1. The van der Waals surface area contributed by atoms with Crippen molar-refractivity contribution in [3.63, 3.8) is 0 Å². The van der Waals surface area contributed by atoms with Crippen molar-refractivity contribution in [2.75, 3.05) is 0 Å². The van der Waals surface area contributed by atoms with E-state index in [1.807, 2.05) is 0 Å². The van der Waals surface area contributed by atoms with Gasteiger partial charge in [0, 0.05) is 0 Å². The Bertz CT molecular complexity index is 409. The normalized spacial score (nSPS) is 13.9. The molecule has 78 valence electrons. The molecule has 1 unspecified atom stereocenters. The minimum Gasteiger partial charge on any atom is -0.377 e. The van der Waals surface area contributed by atoms with Crippen LogP contribution in [0, 0.1) is 6.92 Å². The summed E-state index contributed by atoms with van der Waals surface area (Å²) in [5.74, 6) is 0. The van der Waals surface area contributed by atoms with Gasteiger partial charge in [-0.15, -0.1) is 0 Å². The first kappa shape index (κ1) is 11.2. The number of rotatable bonds is 3. The summed E-state index contributed by atoms with van der Waals surface area (Å²) >= 11 is 0. The van der Waals surface area contributed by atoms with Gasteiger partial charge in [-0.05, 0) is 25.0 Å². The zero-order chi connectivity index (χ0) is 10.8. The second kappa shape index (κ2) is 4.11. The molecule has 0 spiro atoms. The van der Waals surface area contributed by atoms with E-state index in [1.165, 1.54) is 6.07 Å². The van der Waals surface area contributed by atoms with Crippen LogP contribution in [0.1, 0.15) is 18.9 Å². The molecule has 0 bridgehead atoms. The smallest absolute Gasteiger partial charge is 0.205 e. The molecule has 1 N–H and O–H groups in total. The predicted molar refractivity (Wildman–Crippen MR) is 54.7 cm³/mol. The van der Waals surface area contributed by atoms with Gasteiger partial charge in [0.05, 0.1) is 4.90 Å². The van der Waals surface area contributed by atoms with Gasteiger partial charge in [0.25, 0.3) is 0 Å². The second-order valence-corrected chi connectivity index (χ2v) is 5.25. The van der Waals surface area contributed by atoms with Crippen LogP contribution >= 0.6 is 0 Å². The molecule has 0 heterocycles. The van der Waals surface area contributed by atoms with Crippen LogP contribution in [0.2, 0.25) is 0 Å². The first-order valence-corrected chi connectivity index (χ1v) is 6.02. The van der Waals surface area contributed by atoms with Crippen LogP contribution in [0.15, 0.2) is 29.2 Å². The summed E-state index contributed by atoms with van der Waals surface area (Å²) in [7, 11) is -3.56. The average Bonchev–Trinajstić information content (AvgIpc) is 2.17. The van der Waals surface area contributed by atoms with E-state index in [-0.39, 0.29) is 11.3 Å². The largest absolute Gasteiger partial charge is 0.377 e. The molecule has 1 aromatic carbocycles. The lowest BCUT2D eigenvalue weighted by molar-refractivity contribution is 0.244. The van der Waals surface area contributed by atoms with E-state index in [0.717, 1.165) is 0 Å². The van der Waals surface area contributed by atoms with Crippen molar-refractivity contribution < 1.29 is 13.5 Å². The number of hydrogen-bond donors (Lipinski definition) is 1. The highest BCUT2D eigenvalue weighted by Gasteiger charge is 2.24. The summed E-state index contributed by atoms with van der Waals surface area (Å²) in [6.07, 6.45) is 0.205. The Morgan fingerprint density at radius 1 is 1.36 bits per heavy atom. The monoisotopic (exact) mass is 214 g/mol. The van der Waals surface area contributed by atoms with Crippen LogP contribution in [0.5, 0.6) is 0 Å². The molecule has 0 fully saturated rings.